The van der Waals surface area contributed by atoms with Crippen molar-refractivity contribution in [1.29, 1.82) is 0 Å². The topological polar surface area (TPSA) is 62.1 Å². The van der Waals surface area contributed by atoms with Crippen molar-refractivity contribution in [2.75, 3.05) is 26.4 Å². The molecule has 0 N–H and O–H groups in total. The zero-order valence-electron chi connectivity index (χ0n) is 15.3. The Morgan fingerprint density at radius 1 is 1.25 bits per heavy atom. The Labute approximate surface area is 170 Å². The van der Waals surface area contributed by atoms with Crippen LogP contribution in [0.4, 0.5) is 0 Å². The van der Waals surface area contributed by atoms with Crippen molar-refractivity contribution in [2.45, 2.75) is 13.5 Å². The smallest absolute Gasteiger partial charge is 0.279 e. The molecule has 0 aliphatic carbocycles. The first-order valence-electron chi connectivity index (χ1n) is 9.01. The number of rotatable bonds is 5. The SMILES string of the molecule is CCOCCn1c(=NC(=O)c2ccc3c(c2)OCCO3)sc2cccc(Cl)c21. The minimum Gasteiger partial charge on any atom is -0.486 e. The van der Waals surface area contributed by atoms with Gasteiger partial charge in [-0.1, -0.05) is 29.0 Å². The van der Waals surface area contributed by atoms with Crippen LogP contribution in [-0.2, 0) is 11.3 Å². The van der Waals surface area contributed by atoms with E-state index in [2.05, 4.69) is 4.99 Å². The molecule has 0 unspecified atom stereocenters. The molecular formula is C20H19ClN2O4S. The van der Waals surface area contributed by atoms with Gasteiger partial charge in [-0.3, -0.25) is 4.79 Å². The summed E-state index contributed by atoms with van der Waals surface area (Å²) in [7, 11) is 0. The van der Waals surface area contributed by atoms with E-state index in [4.69, 9.17) is 25.8 Å². The molecule has 0 saturated carbocycles. The monoisotopic (exact) mass is 418 g/mol. The zero-order chi connectivity index (χ0) is 19.5. The third-order valence-corrected chi connectivity index (χ3v) is 5.65. The first kappa shape index (κ1) is 19.0. The average Bonchev–Trinajstić information content (AvgIpc) is 3.06. The molecule has 2 aromatic carbocycles. The highest BCUT2D eigenvalue weighted by atomic mass is 35.5. The van der Waals surface area contributed by atoms with Crippen molar-refractivity contribution in [3.05, 3.63) is 51.8 Å². The Balaban J connectivity index is 1.74. The molecule has 0 bridgehead atoms. The maximum atomic E-state index is 12.8. The molecule has 1 aliphatic heterocycles. The van der Waals surface area contributed by atoms with E-state index in [1.54, 1.807) is 18.2 Å². The molecule has 0 saturated heterocycles. The van der Waals surface area contributed by atoms with Crippen LogP contribution in [-0.4, -0.2) is 36.9 Å². The van der Waals surface area contributed by atoms with Gasteiger partial charge in [-0.15, -0.1) is 0 Å². The maximum Gasteiger partial charge on any atom is 0.279 e. The molecule has 3 aromatic rings. The van der Waals surface area contributed by atoms with Gasteiger partial charge in [0.2, 0.25) is 0 Å². The Kier molecular flexibility index (Phi) is 5.66. The van der Waals surface area contributed by atoms with Gasteiger partial charge in [0, 0.05) is 18.7 Å². The number of carbonyl (C=O) groups is 1. The number of para-hydroxylation sites is 1. The normalized spacial score (nSPS) is 13.9. The first-order valence-corrected chi connectivity index (χ1v) is 10.2. The fourth-order valence-electron chi connectivity index (χ4n) is 3.01. The molecule has 0 atom stereocenters. The van der Waals surface area contributed by atoms with E-state index in [0.29, 0.717) is 59.9 Å². The van der Waals surface area contributed by atoms with Crippen LogP contribution in [0.2, 0.25) is 5.02 Å². The van der Waals surface area contributed by atoms with Gasteiger partial charge in [0.05, 0.1) is 21.8 Å². The third-order valence-electron chi connectivity index (χ3n) is 4.30. The van der Waals surface area contributed by atoms with Crippen LogP contribution in [0.25, 0.3) is 10.2 Å². The number of ether oxygens (including phenoxy) is 3. The van der Waals surface area contributed by atoms with Crippen LogP contribution in [0, 0.1) is 0 Å². The van der Waals surface area contributed by atoms with Crippen molar-refractivity contribution in [3.63, 3.8) is 0 Å². The summed E-state index contributed by atoms with van der Waals surface area (Å²) in [5, 5.41) is 0.624. The fourth-order valence-corrected chi connectivity index (χ4v) is 4.42. The molecule has 6 nitrogen and oxygen atoms in total. The van der Waals surface area contributed by atoms with Crippen LogP contribution >= 0.6 is 22.9 Å². The number of fused-ring (bicyclic) bond motifs is 2. The predicted molar refractivity (Wildman–Crippen MR) is 109 cm³/mol. The summed E-state index contributed by atoms with van der Waals surface area (Å²) in [4.78, 5) is 17.8. The number of nitrogens with zero attached hydrogens (tertiary/aromatic N) is 2. The molecule has 28 heavy (non-hydrogen) atoms. The number of aromatic nitrogens is 1. The van der Waals surface area contributed by atoms with Gasteiger partial charge in [0.25, 0.3) is 5.91 Å². The van der Waals surface area contributed by atoms with Crippen LogP contribution in [0.1, 0.15) is 17.3 Å². The van der Waals surface area contributed by atoms with E-state index in [1.165, 1.54) is 11.3 Å². The first-order chi connectivity index (χ1) is 13.7. The molecular weight excluding hydrogens is 400 g/mol. The Morgan fingerprint density at radius 2 is 2.07 bits per heavy atom. The molecule has 0 fully saturated rings. The summed E-state index contributed by atoms with van der Waals surface area (Å²) in [5.41, 5.74) is 1.31. The lowest BCUT2D eigenvalue weighted by Crippen LogP contribution is -2.20. The van der Waals surface area contributed by atoms with Crippen LogP contribution in [0.5, 0.6) is 11.5 Å². The Morgan fingerprint density at radius 3 is 2.89 bits per heavy atom. The van der Waals surface area contributed by atoms with Crippen molar-refractivity contribution < 1.29 is 19.0 Å². The molecule has 0 radical (unpaired) electrons. The van der Waals surface area contributed by atoms with Crippen molar-refractivity contribution in [1.82, 2.24) is 4.57 Å². The largest absolute Gasteiger partial charge is 0.486 e. The molecule has 1 amide bonds. The molecule has 0 spiro atoms. The molecule has 1 aromatic heterocycles. The Bertz CT molecular complexity index is 1090. The van der Waals surface area contributed by atoms with Crippen LogP contribution in [0.15, 0.2) is 41.4 Å². The van der Waals surface area contributed by atoms with Gasteiger partial charge in [0.15, 0.2) is 16.3 Å². The van der Waals surface area contributed by atoms with Gasteiger partial charge < -0.3 is 18.8 Å². The Hall–Kier alpha value is -2.35. The van der Waals surface area contributed by atoms with E-state index in [-0.39, 0.29) is 5.91 Å². The lowest BCUT2D eigenvalue weighted by Gasteiger charge is -2.18. The highest BCUT2D eigenvalue weighted by Gasteiger charge is 2.16. The summed E-state index contributed by atoms with van der Waals surface area (Å²) in [6, 6.07) is 10.8. The minimum atomic E-state index is -0.343. The van der Waals surface area contributed by atoms with E-state index in [0.717, 1.165) is 10.2 Å². The zero-order valence-corrected chi connectivity index (χ0v) is 16.9. The lowest BCUT2D eigenvalue weighted by atomic mass is 10.2. The fraction of sp³-hybridized carbons (Fsp3) is 0.300. The van der Waals surface area contributed by atoms with E-state index < -0.39 is 0 Å². The second kappa shape index (κ2) is 8.34. The van der Waals surface area contributed by atoms with Gasteiger partial charge in [-0.25, -0.2) is 0 Å². The molecule has 8 heteroatoms. The standard InChI is InChI=1S/C20H19ClN2O4S/c1-2-25-9-8-23-18-14(21)4-3-5-17(18)28-20(23)22-19(24)13-6-7-15-16(12-13)27-11-10-26-15/h3-7,12H,2,8-11H2,1H3. The second-order valence-electron chi connectivity index (χ2n) is 6.10. The van der Waals surface area contributed by atoms with Gasteiger partial charge in [0.1, 0.15) is 13.2 Å². The number of benzene rings is 2. The number of hydrogen-bond acceptors (Lipinski definition) is 5. The average molecular weight is 419 g/mol. The number of carbonyl (C=O) groups excluding carboxylic acids is 1. The predicted octanol–water partition coefficient (Wildman–Crippen LogP) is 3.91. The number of thiazole rings is 1. The quantitative estimate of drug-likeness (QED) is 0.589. The highest BCUT2D eigenvalue weighted by Crippen LogP contribution is 2.31. The van der Waals surface area contributed by atoms with E-state index >= 15 is 0 Å². The molecule has 146 valence electrons. The number of halogens is 1. The van der Waals surface area contributed by atoms with E-state index in [1.807, 2.05) is 29.7 Å². The molecule has 2 heterocycles. The number of hydrogen-bond donors (Lipinski definition) is 0. The van der Waals surface area contributed by atoms with Crippen molar-refractivity contribution >= 4 is 39.1 Å². The second-order valence-corrected chi connectivity index (χ2v) is 7.51. The van der Waals surface area contributed by atoms with Crippen molar-refractivity contribution in [3.8, 4) is 11.5 Å². The van der Waals surface area contributed by atoms with Crippen LogP contribution in [0.3, 0.4) is 0 Å². The molecule has 1 aliphatic rings. The van der Waals surface area contributed by atoms with Crippen LogP contribution < -0.4 is 14.3 Å². The van der Waals surface area contributed by atoms with Crippen molar-refractivity contribution in [2.24, 2.45) is 4.99 Å². The third kappa shape index (κ3) is 3.78. The van der Waals surface area contributed by atoms with Gasteiger partial charge in [-0.2, -0.15) is 4.99 Å². The molecule has 4 rings (SSSR count). The summed E-state index contributed by atoms with van der Waals surface area (Å²) >= 11 is 7.84. The maximum absolute atomic E-state index is 12.8. The highest BCUT2D eigenvalue weighted by molar-refractivity contribution is 7.16. The summed E-state index contributed by atoms with van der Waals surface area (Å²) in [6.45, 7) is 4.61. The number of amides is 1. The summed E-state index contributed by atoms with van der Waals surface area (Å²) in [6.07, 6.45) is 0. The van der Waals surface area contributed by atoms with Gasteiger partial charge >= 0.3 is 0 Å². The minimum absolute atomic E-state index is 0.343. The summed E-state index contributed by atoms with van der Waals surface area (Å²) < 4.78 is 19.5. The van der Waals surface area contributed by atoms with Gasteiger partial charge in [-0.05, 0) is 37.3 Å². The summed E-state index contributed by atoms with van der Waals surface area (Å²) in [5.74, 6) is 0.865. The lowest BCUT2D eigenvalue weighted by molar-refractivity contribution is 0.0995. The van der Waals surface area contributed by atoms with E-state index in [9.17, 15) is 4.79 Å².